The Kier molecular flexibility index (Phi) is 4.96. The second-order valence-electron chi connectivity index (χ2n) is 10.2. The van der Waals surface area contributed by atoms with Gasteiger partial charge in [-0.25, -0.2) is 9.18 Å². The van der Waals surface area contributed by atoms with Crippen LogP contribution in [0.4, 0.5) is 9.18 Å². The number of halogens is 1. The van der Waals surface area contributed by atoms with Crippen LogP contribution < -0.4 is 0 Å². The number of piperidine rings is 1. The summed E-state index contributed by atoms with van der Waals surface area (Å²) in [5.74, 6) is 0. The molecule has 2 aliphatic heterocycles. The van der Waals surface area contributed by atoms with Crippen molar-refractivity contribution < 1.29 is 23.2 Å². The first-order chi connectivity index (χ1) is 12.3. The van der Waals surface area contributed by atoms with Crippen LogP contribution in [0.15, 0.2) is 11.3 Å². The minimum Gasteiger partial charge on any atom is -0.444 e. The lowest BCUT2D eigenvalue weighted by atomic mass is 9.56. The lowest BCUT2D eigenvalue weighted by Gasteiger charge is -2.50. The summed E-state index contributed by atoms with van der Waals surface area (Å²) in [5.41, 5.74) is -1.20. The Hall–Kier alpha value is -1.08. The number of nitrogens with zero attached hydrogens (tertiary/aromatic N) is 1. The van der Waals surface area contributed by atoms with Crippen LogP contribution >= 0.6 is 0 Å². The standard InChI is InChI=1S/C20H33BFNO4/c1-17(2,3)25-16(24)23-12-10-20(11-13-23)9-8-14(20)15(22)21-26-18(4,5)19(6,7)27-21/h8-13H2,1-7H3. The Balaban J connectivity index is 1.67. The summed E-state index contributed by atoms with van der Waals surface area (Å²) in [7, 11) is -0.925. The highest BCUT2D eigenvalue weighted by atomic mass is 19.1. The fourth-order valence-corrected chi connectivity index (χ4v) is 4.06. The Bertz CT molecular complexity index is 629. The van der Waals surface area contributed by atoms with E-state index in [1.54, 1.807) is 4.90 Å². The molecule has 5 nitrogen and oxygen atoms in total. The number of rotatable bonds is 1. The van der Waals surface area contributed by atoms with E-state index in [-0.39, 0.29) is 17.2 Å². The van der Waals surface area contributed by atoms with Gasteiger partial charge in [0.1, 0.15) is 11.3 Å². The third kappa shape index (κ3) is 3.77. The van der Waals surface area contributed by atoms with Gasteiger partial charge >= 0.3 is 13.2 Å². The first kappa shape index (κ1) is 20.7. The summed E-state index contributed by atoms with van der Waals surface area (Å²) in [6.07, 6.45) is 2.93. The number of allylic oxidation sites excluding steroid dienone is 1. The van der Waals surface area contributed by atoms with Crippen LogP contribution in [0.2, 0.25) is 0 Å². The normalized spacial score (nSPS) is 28.1. The van der Waals surface area contributed by atoms with E-state index in [1.807, 2.05) is 48.5 Å². The molecule has 1 amide bonds. The molecular weight excluding hydrogens is 348 g/mol. The van der Waals surface area contributed by atoms with Crippen LogP contribution in [0.25, 0.3) is 0 Å². The Morgan fingerprint density at radius 1 is 1.07 bits per heavy atom. The second-order valence-corrected chi connectivity index (χ2v) is 10.2. The van der Waals surface area contributed by atoms with Gasteiger partial charge in [0.05, 0.1) is 11.2 Å². The Morgan fingerprint density at radius 2 is 1.59 bits per heavy atom. The molecule has 0 aromatic heterocycles. The van der Waals surface area contributed by atoms with Crippen LogP contribution in [-0.4, -0.2) is 48.0 Å². The van der Waals surface area contributed by atoms with Crippen molar-refractivity contribution in [3.63, 3.8) is 0 Å². The van der Waals surface area contributed by atoms with Crippen molar-refractivity contribution in [2.45, 2.75) is 91.0 Å². The van der Waals surface area contributed by atoms with Crippen LogP contribution in [0.1, 0.15) is 74.1 Å². The maximum Gasteiger partial charge on any atom is 0.525 e. The van der Waals surface area contributed by atoms with Gasteiger partial charge in [-0.1, -0.05) is 0 Å². The third-order valence-electron chi connectivity index (χ3n) is 6.61. The molecule has 1 spiro atoms. The van der Waals surface area contributed by atoms with E-state index in [0.717, 1.165) is 31.3 Å². The van der Waals surface area contributed by atoms with E-state index in [1.165, 1.54) is 0 Å². The van der Waals surface area contributed by atoms with Gasteiger partial charge in [-0.3, -0.25) is 0 Å². The highest BCUT2D eigenvalue weighted by Gasteiger charge is 2.56. The fraction of sp³-hybridized carbons (Fsp3) is 0.850. The van der Waals surface area contributed by atoms with E-state index in [9.17, 15) is 4.79 Å². The van der Waals surface area contributed by atoms with Crippen molar-refractivity contribution in [2.75, 3.05) is 13.1 Å². The van der Waals surface area contributed by atoms with Gasteiger partial charge in [-0.05, 0) is 85.1 Å². The molecule has 7 heteroatoms. The molecule has 1 saturated carbocycles. The molecule has 2 heterocycles. The van der Waals surface area contributed by atoms with Gasteiger partial charge in [0.25, 0.3) is 0 Å². The first-order valence-electron chi connectivity index (χ1n) is 9.99. The van der Waals surface area contributed by atoms with Gasteiger partial charge < -0.3 is 18.9 Å². The molecule has 0 aromatic rings. The quantitative estimate of drug-likeness (QED) is 0.621. The highest BCUT2D eigenvalue weighted by molar-refractivity contribution is 6.54. The molecule has 0 atom stereocenters. The monoisotopic (exact) mass is 381 g/mol. The molecule has 0 radical (unpaired) electrons. The van der Waals surface area contributed by atoms with Crippen molar-refractivity contribution >= 4 is 13.2 Å². The smallest absolute Gasteiger partial charge is 0.444 e. The predicted molar refractivity (Wildman–Crippen MR) is 103 cm³/mol. The molecule has 3 fully saturated rings. The van der Waals surface area contributed by atoms with E-state index in [4.69, 9.17) is 14.0 Å². The third-order valence-corrected chi connectivity index (χ3v) is 6.61. The second kappa shape index (κ2) is 6.48. The van der Waals surface area contributed by atoms with Crippen molar-refractivity contribution in [3.8, 4) is 0 Å². The maximum atomic E-state index is 15.3. The number of hydrogen-bond acceptors (Lipinski definition) is 4. The van der Waals surface area contributed by atoms with Crippen molar-refractivity contribution in [1.82, 2.24) is 4.90 Å². The van der Waals surface area contributed by atoms with E-state index in [2.05, 4.69) is 0 Å². The Morgan fingerprint density at radius 3 is 2.00 bits per heavy atom. The van der Waals surface area contributed by atoms with E-state index in [0.29, 0.717) is 13.1 Å². The minimum atomic E-state index is -0.925. The average molecular weight is 381 g/mol. The molecule has 1 aliphatic carbocycles. The van der Waals surface area contributed by atoms with Gasteiger partial charge in [0.2, 0.25) is 0 Å². The maximum absolute atomic E-state index is 15.3. The van der Waals surface area contributed by atoms with Gasteiger partial charge in [-0.15, -0.1) is 0 Å². The van der Waals surface area contributed by atoms with Crippen LogP contribution in [0, 0.1) is 5.41 Å². The van der Waals surface area contributed by atoms with Crippen LogP contribution in [0.3, 0.4) is 0 Å². The molecular formula is C20H33BFNO4. The fourth-order valence-electron chi connectivity index (χ4n) is 4.06. The summed E-state index contributed by atoms with van der Waals surface area (Å²) in [4.78, 5) is 14.0. The summed E-state index contributed by atoms with van der Waals surface area (Å²) in [5, 5.41) is 0. The van der Waals surface area contributed by atoms with Gasteiger partial charge in [-0.2, -0.15) is 0 Å². The van der Waals surface area contributed by atoms with Crippen molar-refractivity contribution in [2.24, 2.45) is 5.41 Å². The highest BCUT2D eigenvalue weighted by Crippen LogP contribution is 2.56. The molecule has 0 N–H and O–H groups in total. The molecule has 0 aromatic carbocycles. The topological polar surface area (TPSA) is 48.0 Å². The van der Waals surface area contributed by atoms with Crippen LogP contribution in [-0.2, 0) is 14.0 Å². The molecule has 27 heavy (non-hydrogen) atoms. The van der Waals surface area contributed by atoms with E-state index < -0.39 is 23.9 Å². The zero-order valence-electron chi connectivity index (χ0n) is 17.8. The number of ether oxygens (including phenoxy) is 1. The van der Waals surface area contributed by atoms with Crippen molar-refractivity contribution in [1.29, 1.82) is 0 Å². The summed E-state index contributed by atoms with van der Waals surface area (Å²) in [6, 6.07) is 0. The number of hydrogen-bond donors (Lipinski definition) is 0. The number of likely N-dealkylation sites (tertiary alicyclic amines) is 1. The SMILES string of the molecule is CC(C)(C)OC(=O)N1CCC2(CCC2=C(F)B2OC(C)(C)C(C)(C)O2)CC1. The lowest BCUT2D eigenvalue weighted by molar-refractivity contribution is 0.00578. The minimum absolute atomic E-state index is 0.161. The first-order valence-corrected chi connectivity index (χ1v) is 9.99. The van der Waals surface area contributed by atoms with Crippen LogP contribution in [0.5, 0.6) is 0 Å². The lowest BCUT2D eigenvalue weighted by Crippen LogP contribution is -2.49. The summed E-state index contributed by atoms with van der Waals surface area (Å²) < 4.78 is 32.5. The summed E-state index contributed by atoms with van der Waals surface area (Å²) >= 11 is 0. The molecule has 0 unspecified atom stereocenters. The van der Waals surface area contributed by atoms with E-state index >= 15 is 4.39 Å². The number of carbonyl (C=O) groups excluding carboxylic acids is 1. The molecule has 3 aliphatic rings. The molecule has 3 rings (SSSR count). The number of carbonyl (C=O) groups is 1. The average Bonchev–Trinajstić information content (AvgIpc) is 2.73. The summed E-state index contributed by atoms with van der Waals surface area (Å²) in [6.45, 7) is 14.5. The zero-order chi connectivity index (χ0) is 20.3. The molecule has 152 valence electrons. The Labute approximate surface area is 162 Å². The predicted octanol–water partition coefficient (Wildman–Crippen LogP) is 4.65. The van der Waals surface area contributed by atoms with Crippen molar-refractivity contribution in [3.05, 3.63) is 11.3 Å². The van der Waals surface area contributed by atoms with Gasteiger partial charge in [0.15, 0.2) is 0 Å². The number of amides is 1. The molecule has 0 bridgehead atoms. The van der Waals surface area contributed by atoms with Gasteiger partial charge in [0, 0.05) is 13.1 Å². The zero-order valence-corrected chi connectivity index (χ0v) is 17.8. The molecule has 2 saturated heterocycles. The largest absolute Gasteiger partial charge is 0.525 e.